The third kappa shape index (κ3) is 15.1. The topological polar surface area (TPSA) is 185 Å². The van der Waals surface area contributed by atoms with Crippen LogP contribution in [-0.4, -0.2) is 93.8 Å². The Morgan fingerprint density at radius 1 is 0.425 bits per heavy atom. The minimum absolute atomic E-state index is 0.0602. The Labute approximate surface area is 521 Å². The first-order chi connectivity index (χ1) is 41.6. The maximum atomic E-state index is 12.8. The molecular formula is C72H112O15. The third-order valence-electron chi connectivity index (χ3n) is 25.6. The number of hydrogen-bond acceptors (Lipinski definition) is 15. The highest BCUT2D eigenvalue weighted by atomic mass is 16.7. The number of carbonyl (C=O) groups excluding carboxylic acids is 6. The van der Waals surface area contributed by atoms with Gasteiger partial charge < -0.3 is 42.6 Å². The number of fused-ring (bicyclic) bond motifs is 6. The van der Waals surface area contributed by atoms with Crippen molar-refractivity contribution in [3.05, 3.63) is 0 Å². The molecule has 0 aromatic carbocycles. The van der Waals surface area contributed by atoms with Gasteiger partial charge in [0, 0.05) is 17.8 Å². The molecule has 0 aromatic heterocycles. The molecule has 0 spiro atoms. The zero-order chi connectivity index (χ0) is 61.4. The molecule has 14 bridgehead atoms. The standard InChI is InChI=1S/C26H40O5.C25H38O5.C21H34O5/c1-4-25(2,3)24(28)31-22-10-16-8-20(22)21(9-16)23(27)30-15-29-14-26-11-17-5-18(12-26)7-19(6-17)13-26;1-3-15(2)23(26)30-22-9-16-7-20(22)21(8-16)24(27)29-14-28-13-25-10-17-4-18(11-25)6-19(5-17)12-25;1-4-21(2,3)20(23)26-18-12-14-10-16(18)17(11-14)19(22)25-13-24-15-8-6-5-7-9-15/h16-22H,4-15H2,1-3H3;15-22H,3-14H2,1-2H3;14-18H,4-13H2,1-3H3. The van der Waals surface area contributed by atoms with E-state index in [0.29, 0.717) is 28.6 Å². The van der Waals surface area contributed by atoms with Gasteiger partial charge in [0.2, 0.25) is 0 Å². The quantitative estimate of drug-likeness (QED) is 0.0407. The molecule has 0 aromatic rings. The van der Waals surface area contributed by atoms with Crippen LogP contribution in [0.25, 0.3) is 0 Å². The Morgan fingerprint density at radius 3 is 1.10 bits per heavy atom. The van der Waals surface area contributed by atoms with Crippen LogP contribution >= 0.6 is 0 Å². The molecule has 490 valence electrons. The SMILES string of the molecule is CCC(C)(C)C(=O)OC1CC2CC(C(=O)OCOC3CCCCC3)C1C2.CCC(C)(C)C(=O)OC1CC2CC(C(=O)OCOCC34CC5CC(CC(C5)C3)C4)C1C2.CCC(C)C(=O)OC1CC2CC(C(=O)OCOCC34CC5CC(CC(C5)C3)C4)C1C2. The molecular weight excluding hydrogens is 1100 g/mol. The van der Waals surface area contributed by atoms with Crippen molar-refractivity contribution in [1.29, 1.82) is 0 Å². The van der Waals surface area contributed by atoms with Crippen molar-refractivity contribution in [2.24, 2.45) is 116 Å². The van der Waals surface area contributed by atoms with Crippen LogP contribution in [0, 0.1) is 116 Å². The van der Waals surface area contributed by atoms with E-state index in [1.807, 2.05) is 55.4 Å². The first-order valence-corrected chi connectivity index (χ1v) is 35.5. The Kier molecular flexibility index (Phi) is 20.6. The molecule has 15 rings (SSSR count). The number of rotatable bonds is 23. The average molecular weight is 1220 g/mol. The van der Waals surface area contributed by atoms with Gasteiger partial charge in [-0.15, -0.1) is 0 Å². The van der Waals surface area contributed by atoms with Gasteiger partial charge in [-0.1, -0.05) is 47.0 Å². The lowest BCUT2D eigenvalue weighted by Gasteiger charge is -2.56. The lowest BCUT2D eigenvalue weighted by molar-refractivity contribution is -0.177. The lowest BCUT2D eigenvalue weighted by Crippen LogP contribution is -2.48. The summed E-state index contributed by atoms with van der Waals surface area (Å²) in [4.78, 5) is 75.2. The monoisotopic (exact) mass is 1220 g/mol. The fourth-order valence-corrected chi connectivity index (χ4v) is 20.8. The van der Waals surface area contributed by atoms with Gasteiger partial charge in [0.1, 0.15) is 18.3 Å². The molecule has 0 saturated heterocycles. The molecule has 0 heterocycles. The normalized spacial score (nSPS) is 40.0. The highest BCUT2D eigenvalue weighted by molar-refractivity contribution is 5.78. The summed E-state index contributed by atoms with van der Waals surface area (Å²) in [5, 5.41) is 0. The Hall–Kier alpha value is -3.30. The average Bonchev–Trinajstić information content (AvgIpc) is 1.78. The van der Waals surface area contributed by atoms with Crippen LogP contribution in [0.4, 0.5) is 0 Å². The van der Waals surface area contributed by atoms with Gasteiger partial charge in [0.05, 0.1) is 53.8 Å². The largest absolute Gasteiger partial charge is 0.462 e. The second-order valence-electron chi connectivity index (χ2n) is 32.9. The Bertz CT molecular complexity index is 2340. The zero-order valence-electron chi connectivity index (χ0n) is 54.7. The summed E-state index contributed by atoms with van der Waals surface area (Å²) in [6.45, 7) is 17.3. The molecule has 15 nitrogen and oxygen atoms in total. The summed E-state index contributed by atoms with van der Waals surface area (Å²) in [7, 11) is 0. The summed E-state index contributed by atoms with van der Waals surface area (Å²) < 4.78 is 51.6. The lowest BCUT2D eigenvalue weighted by atomic mass is 9.50. The van der Waals surface area contributed by atoms with Gasteiger partial charge in [-0.05, 0) is 259 Å². The minimum atomic E-state index is -0.469. The maximum Gasteiger partial charge on any atom is 0.311 e. The molecule has 15 aliphatic rings. The maximum absolute atomic E-state index is 12.8. The third-order valence-corrected chi connectivity index (χ3v) is 25.6. The number of ether oxygens (including phenoxy) is 9. The fraction of sp³-hybridized carbons (Fsp3) is 0.917. The minimum Gasteiger partial charge on any atom is -0.462 e. The van der Waals surface area contributed by atoms with E-state index in [2.05, 4.69) is 0 Å². The van der Waals surface area contributed by atoms with Crippen molar-refractivity contribution in [3.63, 3.8) is 0 Å². The van der Waals surface area contributed by atoms with Crippen molar-refractivity contribution in [2.45, 2.75) is 266 Å². The predicted molar refractivity (Wildman–Crippen MR) is 324 cm³/mol. The summed E-state index contributed by atoms with van der Waals surface area (Å²) in [6.07, 6.45) is 32.6. The second kappa shape index (κ2) is 27.5. The van der Waals surface area contributed by atoms with Crippen molar-refractivity contribution < 1.29 is 71.4 Å². The van der Waals surface area contributed by atoms with E-state index in [4.69, 9.17) is 42.6 Å². The molecule has 0 radical (unpaired) electrons. The van der Waals surface area contributed by atoms with E-state index in [1.165, 1.54) is 96.3 Å². The summed E-state index contributed by atoms with van der Waals surface area (Å²) >= 11 is 0. The Morgan fingerprint density at radius 2 is 0.770 bits per heavy atom. The van der Waals surface area contributed by atoms with Crippen LogP contribution < -0.4 is 0 Å². The van der Waals surface area contributed by atoms with Crippen molar-refractivity contribution in [2.75, 3.05) is 33.6 Å². The first-order valence-electron chi connectivity index (χ1n) is 35.5. The number of hydrogen-bond donors (Lipinski definition) is 0. The molecule has 87 heavy (non-hydrogen) atoms. The van der Waals surface area contributed by atoms with E-state index in [1.54, 1.807) is 0 Å². The molecule has 13 unspecified atom stereocenters. The molecule has 0 N–H and O–H groups in total. The highest BCUT2D eigenvalue weighted by Gasteiger charge is 2.56. The van der Waals surface area contributed by atoms with E-state index in [0.717, 1.165) is 139 Å². The summed E-state index contributed by atoms with van der Waals surface area (Å²) in [6, 6.07) is 0. The molecule has 13 atom stereocenters. The fourth-order valence-electron chi connectivity index (χ4n) is 20.8. The zero-order valence-corrected chi connectivity index (χ0v) is 54.7. The second-order valence-corrected chi connectivity index (χ2v) is 32.9. The van der Waals surface area contributed by atoms with Gasteiger partial charge in [-0.25, -0.2) is 0 Å². The van der Waals surface area contributed by atoms with Crippen molar-refractivity contribution >= 4 is 35.8 Å². The van der Waals surface area contributed by atoms with Gasteiger partial charge in [-0.2, -0.15) is 0 Å². The van der Waals surface area contributed by atoms with Gasteiger partial charge in [0.25, 0.3) is 0 Å². The predicted octanol–water partition coefficient (Wildman–Crippen LogP) is 14.1. The molecule has 0 amide bonds. The molecule has 15 fully saturated rings. The van der Waals surface area contributed by atoms with Crippen molar-refractivity contribution in [1.82, 2.24) is 0 Å². The molecule has 0 aliphatic heterocycles. The summed E-state index contributed by atoms with van der Waals surface area (Å²) in [5.74, 6) is 5.80. The number of esters is 6. The van der Waals surface area contributed by atoms with E-state index in [-0.39, 0.29) is 122 Å². The van der Waals surface area contributed by atoms with Gasteiger partial charge in [0.15, 0.2) is 20.4 Å². The van der Waals surface area contributed by atoms with Crippen LogP contribution in [0.1, 0.15) is 242 Å². The van der Waals surface area contributed by atoms with E-state index in [9.17, 15) is 28.8 Å². The highest BCUT2D eigenvalue weighted by Crippen LogP contribution is 2.62. The van der Waals surface area contributed by atoms with Gasteiger partial charge >= 0.3 is 35.8 Å². The van der Waals surface area contributed by atoms with Crippen LogP contribution in [0.5, 0.6) is 0 Å². The molecule has 15 saturated carbocycles. The van der Waals surface area contributed by atoms with Crippen LogP contribution in [0.3, 0.4) is 0 Å². The van der Waals surface area contributed by atoms with E-state index >= 15 is 0 Å². The number of carbonyl (C=O) groups is 6. The smallest absolute Gasteiger partial charge is 0.311 e. The van der Waals surface area contributed by atoms with Crippen LogP contribution in [-0.2, 0) is 71.4 Å². The van der Waals surface area contributed by atoms with Crippen molar-refractivity contribution in [3.8, 4) is 0 Å². The Balaban J connectivity index is 0.000000136. The van der Waals surface area contributed by atoms with E-state index < -0.39 is 10.8 Å². The van der Waals surface area contributed by atoms with Crippen LogP contribution in [0.15, 0.2) is 0 Å². The first kappa shape index (κ1) is 65.2. The van der Waals surface area contributed by atoms with Gasteiger partial charge in [-0.3, -0.25) is 28.8 Å². The summed E-state index contributed by atoms with van der Waals surface area (Å²) in [5.41, 5.74) is -0.240. The molecule has 15 heteroatoms. The van der Waals surface area contributed by atoms with Crippen LogP contribution in [0.2, 0.25) is 0 Å². The molecule has 15 aliphatic carbocycles.